The van der Waals surface area contributed by atoms with Crippen molar-refractivity contribution < 1.29 is 18.0 Å². The Balaban J connectivity index is 2.33. The van der Waals surface area contributed by atoms with Gasteiger partial charge in [-0.25, -0.2) is 13.1 Å². The molecule has 7 heteroatoms. The van der Waals surface area contributed by atoms with E-state index >= 15 is 0 Å². The van der Waals surface area contributed by atoms with Crippen molar-refractivity contribution in [3.63, 3.8) is 0 Å². The molecule has 0 saturated heterocycles. The van der Waals surface area contributed by atoms with Crippen LogP contribution in [0.25, 0.3) is 5.57 Å². The SMILES string of the molecule is Cc1ccc(S(=O)(=O)NC(=O)/C(=C/CCC(=O)[Si](C(C)C)(C(C)C)C(C)C)c2ccccc2)cc1. The molecule has 0 atom stereocenters. The lowest BCUT2D eigenvalue weighted by molar-refractivity contribution is -0.114. The van der Waals surface area contributed by atoms with E-state index in [0.717, 1.165) is 5.56 Å². The Morgan fingerprint density at radius 1 is 0.857 bits per heavy atom. The van der Waals surface area contributed by atoms with Crippen LogP contribution in [0, 0.1) is 6.92 Å². The molecule has 5 nitrogen and oxygen atoms in total. The monoisotopic (exact) mass is 513 g/mol. The van der Waals surface area contributed by atoms with Crippen molar-refractivity contribution in [3.05, 3.63) is 71.8 Å². The van der Waals surface area contributed by atoms with E-state index < -0.39 is 24.0 Å². The molecule has 0 heterocycles. The maximum Gasteiger partial charge on any atom is 0.265 e. The summed E-state index contributed by atoms with van der Waals surface area (Å²) in [4.78, 5) is 26.7. The van der Waals surface area contributed by atoms with E-state index in [2.05, 4.69) is 46.3 Å². The number of benzene rings is 2. The number of rotatable bonds is 11. The molecule has 2 aromatic rings. The fourth-order valence-electron chi connectivity index (χ4n) is 5.44. The van der Waals surface area contributed by atoms with Crippen LogP contribution in [0.2, 0.25) is 16.6 Å². The summed E-state index contributed by atoms with van der Waals surface area (Å²) >= 11 is 0. The zero-order valence-corrected chi connectivity index (χ0v) is 23.8. The van der Waals surface area contributed by atoms with Crippen LogP contribution in [-0.2, 0) is 19.6 Å². The highest BCUT2D eigenvalue weighted by molar-refractivity contribution is 7.90. The van der Waals surface area contributed by atoms with Crippen LogP contribution in [0.1, 0.15) is 65.5 Å². The van der Waals surface area contributed by atoms with E-state index in [-0.39, 0.29) is 10.5 Å². The molecule has 35 heavy (non-hydrogen) atoms. The van der Waals surface area contributed by atoms with Gasteiger partial charge in [-0.1, -0.05) is 95.6 Å². The molecular formula is C28H39NO4SSi. The Morgan fingerprint density at radius 2 is 1.37 bits per heavy atom. The fraction of sp³-hybridized carbons (Fsp3) is 0.429. The van der Waals surface area contributed by atoms with Crippen LogP contribution in [0.4, 0.5) is 0 Å². The molecule has 0 aliphatic rings. The van der Waals surface area contributed by atoms with Crippen LogP contribution >= 0.6 is 0 Å². The summed E-state index contributed by atoms with van der Waals surface area (Å²) in [6, 6.07) is 15.3. The summed E-state index contributed by atoms with van der Waals surface area (Å²) < 4.78 is 27.8. The average molecular weight is 514 g/mol. The Bertz CT molecular complexity index is 1130. The molecule has 0 radical (unpaired) electrons. The second-order valence-corrected chi connectivity index (χ2v) is 17.7. The zero-order chi connectivity index (χ0) is 26.4. The van der Waals surface area contributed by atoms with Crippen molar-refractivity contribution in [1.29, 1.82) is 0 Å². The minimum absolute atomic E-state index is 0.0284. The van der Waals surface area contributed by atoms with E-state index in [9.17, 15) is 18.0 Å². The molecule has 0 aliphatic heterocycles. The first-order valence-corrected chi connectivity index (χ1v) is 16.0. The quantitative estimate of drug-likeness (QED) is 0.276. The summed E-state index contributed by atoms with van der Waals surface area (Å²) in [5, 5.41) is 0.314. The Kier molecular flexibility index (Phi) is 9.81. The predicted octanol–water partition coefficient (Wildman–Crippen LogP) is 6.45. The van der Waals surface area contributed by atoms with Crippen molar-refractivity contribution >= 4 is 35.0 Å². The van der Waals surface area contributed by atoms with Gasteiger partial charge in [0.05, 0.1) is 4.90 Å². The zero-order valence-electron chi connectivity index (χ0n) is 22.0. The Hall–Kier alpha value is -2.51. The van der Waals surface area contributed by atoms with E-state index in [1.807, 2.05) is 13.0 Å². The normalized spacial score (nSPS) is 12.9. The number of aryl methyl sites for hydroxylation is 1. The van der Waals surface area contributed by atoms with Gasteiger partial charge in [-0.3, -0.25) is 4.79 Å². The summed E-state index contributed by atoms with van der Waals surface area (Å²) in [5.41, 5.74) is 2.73. The molecule has 1 amide bonds. The van der Waals surface area contributed by atoms with Gasteiger partial charge in [0.25, 0.3) is 15.9 Å². The minimum atomic E-state index is -4.03. The smallest absolute Gasteiger partial charge is 0.265 e. The summed E-state index contributed by atoms with van der Waals surface area (Å²) in [5.74, 6) is -0.704. The Morgan fingerprint density at radius 3 is 1.86 bits per heavy atom. The molecule has 0 fully saturated rings. The van der Waals surface area contributed by atoms with Crippen molar-refractivity contribution in [1.82, 2.24) is 4.72 Å². The van der Waals surface area contributed by atoms with Crippen molar-refractivity contribution in [2.24, 2.45) is 0 Å². The van der Waals surface area contributed by atoms with Gasteiger partial charge in [0.2, 0.25) is 0 Å². The highest BCUT2D eigenvalue weighted by Gasteiger charge is 2.48. The summed E-state index contributed by atoms with van der Waals surface area (Å²) in [6.45, 7) is 14.8. The predicted molar refractivity (Wildman–Crippen MR) is 146 cm³/mol. The molecule has 2 aromatic carbocycles. The van der Waals surface area contributed by atoms with Crippen LogP contribution in [0.15, 0.2) is 65.6 Å². The Labute approximate surface area is 212 Å². The standard InChI is InChI=1S/C28H39NO4SSi/c1-20(2)35(21(3)4,22(5)6)27(30)15-11-14-26(24-12-9-8-10-13-24)28(31)29-34(32,33)25-18-16-23(7)17-19-25/h8-10,12-14,16-22H,11,15H2,1-7H3,(H,29,31)/b26-14+. The van der Waals surface area contributed by atoms with Crippen LogP contribution in [0.5, 0.6) is 0 Å². The molecule has 0 aliphatic carbocycles. The van der Waals surface area contributed by atoms with E-state index in [1.54, 1.807) is 42.5 Å². The number of carbonyl (C=O) groups excluding carboxylic acids is 2. The van der Waals surface area contributed by atoms with Crippen LogP contribution < -0.4 is 4.72 Å². The molecular weight excluding hydrogens is 474 g/mol. The van der Waals surface area contributed by atoms with Gasteiger partial charge < -0.3 is 4.79 Å². The fourth-order valence-corrected chi connectivity index (χ4v) is 12.9. The lowest BCUT2D eigenvalue weighted by Gasteiger charge is -2.41. The topological polar surface area (TPSA) is 80.3 Å². The van der Waals surface area contributed by atoms with Crippen LogP contribution in [-0.4, -0.2) is 27.8 Å². The largest absolute Gasteiger partial charge is 0.305 e. The van der Waals surface area contributed by atoms with Crippen molar-refractivity contribution in [2.45, 2.75) is 82.8 Å². The molecule has 190 valence electrons. The van der Waals surface area contributed by atoms with Gasteiger partial charge in [-0.15, -0.1) is 0 Å². The lowest BCUT2D eigenvalue weighted by Crippen LogP contribution is -2.52. The van der Waals surface area contributed by atoms with Crippen LogP contribution in [0.3, 0.4) is 0 Å². The molecule has 0 bridgehead atoms. The molecule has 0 aromatic heterocycles. The number of nitrogens with one attached hydrogen (secondary N) is 1. The highest BCUT2D eigenvalue weighted by Crippen LogP contribution is 2.43. The van der Waals surface area contributed by atoms with Crippen molar-refractivity contribution in [3.8, 4) is 0 Å². The molecule has 0 spiro atoms. The first kappa shape index (κ1) is 28.7. The number of hydrogen-bond acceptors (Lipinski definition) is 4. The number of carbonyl (C=O) groups is 2. The maximum absolute atomic E-state index is 13.6. The average Bonchev–Trinajstić information content (AvgIpc) is 2.76. The van der Waals surface area contributed by atoms with Gasteiger partial charge in [0.15, 0.2) is 0 Å². The second kappa shape index (κ2) is 12.0. The van der Waals surface area contributed by atoms with E-state index in [4.69, 9.17) is 0 Å². The van der Waals surface area contributed by atoms with E-state index in [0.29, 0.717) is 40.4 Å². The minimum Gasteiger partial charge on any atom is -0.305 e. The van der Waals surface area contributed by atoms with E-state index in [1.165, 1.54) is 12.1 Å². The molecule has 0 saturated carbocycles. The first-order valence-electron chi connectivity index (χ1n) is 12.3. The third kappa shape index (κ3) is 6.58. The molecule has 0 unspecified atom stereocenters. The number of allylic oxidation sites excluding steroid dienone is 1. The third-order valence-electron chi connectivity index (χ3n) is 6.96. The van der Waals surface area contributed by atoms with Gasteiger partial charge in [0, 0.05) is 12.0 Å². The molecule has 1 N–H and O–H groups in total. The number of amides is 1. The maximum atomic E-state index is 13.6. The number of hydrogen-bond donors (Lipinski definition) is 1. The summed E-state index contributed by atoms with van der Waals surface area (Å²) in [7, 11) is -6.29. The second-order valence-electron chi connectivity index (χ2n) is 10.1. The third-order valence-corrected chi connectivity index (χ3v) is 15.3. The highest BCUT2D eigenvalue weighted by atomic mass is 32.2. The van der Waals surface area contributed by atoms with Gasteiger partial charge in [0.1, 0.15) is 13.5 Å². The van der Waals surface area contributed by atoms with Gasteiger partial charge >= 0.3 is 0 Å². The first-order chi connectivity index (χ1) is 16.3. The van der Waals surface area contributed by atoms with Gasteiger partial charge in [-0.05, 0) is 47.7 Å². The number of sulfonamides is 1. The molecule has 2 rings (SSSR count). The lowest BCUT2D eigenvalue weighted by atomic mass is 10.0. The van der Waals surface area contributed by atoms with Gasteiger partial charge in [-0.2, -0.15) is 0 Å². The summed E-state index contributed by atoms with van der Waals surface area (Å²) in [6.07, 6.45) is 2.42. The van der Waals surface area contributed by atoms with Crippen molar-refractivity contribution in [2.75, 3.05) is 0 Å².